The van der Waals surface area contributed by atoms with E-state index in [0.29, 0.717) is 17.4 Å². The highest BCUT2D eigenvalue weighted by Crippen LogP contribution is 2.30. The third-order valence-electron chi connectivity index (χ3n) is 6.11. The maximum atomic E-state index is 12.9. The fourth-order valence-corrected chi connectivity index (χ4v) is 4.50. The molecule has 156 valence electrons. The molecule has 0 radical (unpaired) electrons. The molecule has 3 aromatic rings. The monoisotopic (exact) mass is 405 g/mol. The fraction of sp³-hybridized carbons (Fsp3) is 0.455. The van der Waals surface area contributed by atoms with Gasteiger partial charge in [0.15, 0.2) is 0 Å². The van der Waals surface area contributed by atoms with Gasteiger partial charge in [-0.3, -0.25) is 9.36 Å². The molecule has 1 saturated heterocycles. The van der Waals surface area contributed by atoms with Gasteiger partial charge in [-0.15, -0.1) is 0 Å². The Morgan fingerprint density at radius 3 is 2.63 bits per heavy atom. The maximum absolute atomic E-state index is 12.9. The Bertz CT molecular complexity index is 1100. The number of nitrogens with one attached hydrogen (secondary N) is 2. The van der Waals surface area contributed by atoms with Gasteiger partial charge in [0.05, 0.1) is 11.9 Å². The molecule has 3 aromatic heterocycles. The molecule has 2 aliphatic rings. The van der Waals surface area contributed by atoms with E-state index in [1.54, 1.807) is 6.20 Å². The van der Waals surface area contributed by atoms with E-state index in [9.17, 15) is 4.79 Å². The lowest BCUT2D eigenvalue weighted by Gasteiger charge is -2.29. The topological polar surface area (TPSA) is 88.0 Å². The van der Waals surface area contributed by atoms with Crippen LogP contribution in [0, 0.1) is 6.92 Å². The van der Waals surface area contributed by atoms with E-state index < -0.39 is 0 Å². The van der Waals surface area contributed by atoms with Gasteiger partial charge in [0.1, 0.15) is 11.5 Å². The summed E-state index contributed by atoms with van der Waals surface area (Å²) in [5, 5.41) is 7.45. The first-order valence-electron chi connectivity index (χ1n) is 10.8. The third-order valence-corrected chi connectivity index (χ3v) is 6.11. The van der Waals surface area contributed by atoms with Crippen LogP contribution in [0.5, 0.6) is 0 Å². The zero-order valence-electron chi connectivity index (χ0n) is 17.3. The molecule has 0 atom stereocenters. The van der Waals surface area contributed by atoms with Crippen LogP contribution in [-0.4, -0.2) is 45.7 Å². The minimum Gasteiger partial charge on any atom is -0.368 e. The van der Waals surface area contributed by atoms with E-state index in [1.165, 1.54) is 0 Å². The SMILES string of the molecule is Cc1cc2cnc(Nc3ccc(N4CCNCC4)cn3)nc2n(C2CCCC2)c1=O. The summed E-state index contributed by atoms with van der Waals surface area (Å²) in [6.07, 6.45) is 8.04. The van der Waals surface area contributed by atoms with E-state index in [1.807, 2.05) is 29.8 Å². The number of aromatic nitrogens is 4. The summed E-state index contributed by atoms with van der Waals surface area (Å²) in [6.45, 7) is 5.82. The Labute approximate surface area is 175 Å². The average Bonchev–Trinajstić information content (AvgIpc) is 3.30. The number of hydrogen-bond acceptors (Lipinski definition) is 7. The largest absolute Gasteiger partial charge is 0.368 e. The van der Waals surface area contributed by atoms with Crippen LogP contribution in [0.15, 0.2) is 35.4 Å². The van der Waals surface area contributed by atoms with Crippen molar-refractivity contribution < 1.29 is 0 Å². The van der Waals surface area contributed by atoms with Gasteiger partial charge in [-0.1, -0.05) is 12.8 Å². The van der Waals surface area contributed by atoms with Crippen LogP contribution in [-0.2, 0) is 0 Å². The van der Waals surface area contributed by atoms with E-state index in [4.69, 9.17) is 4.98 Å². The third kappa shape index (κ3) is 3.63. The molecule has 2 fully saturated rings. The molecule has 0 unspecified atom stereocenters. The minimum absolute atomic E-state index is 0.0533. The molecule has 0 spiro atoms. The number of rotatable bonds is 4. The Balaban J connectivity index is 1.44. The van der Waals surface area contributed by atoms with E-state index in [0.717, 1.165) is 68.5 Å². The van der Waals surface area contributed by atoms with Crippen molar-refractivity contribution in [2.45, 2.75) is 38.6 Å². The summed E-state index contributed by atoms with van der Waals surface area (Å²) in [6, 6.07) is 6.12. The quantitative estimate of drug-likeness (QED) is 0.690. The second kappa shape index (κ2) is 8.02. The second-order valence-electron chi connectivity index (χ2n) is 8.18. The molecule has 0 aromatic carbocycles. The Morgan fingerprint density at radius 1 is 1.10 bits per heavy atom. The van der Waals surface area contributed by atoms with Crippen LogP contribution >= 0.6 is 0 Å². The van der Waals surface area contributed by atoms with Crippen molar-refractivity contribution in [1.29, 1.82) is 0 Å². The standard InChI is InChI=1S/C22H27N7O/c1-15-12-16-13-25-22(27-20(16)29(21(15)30)17-4-2-3-5-17)26-19-7-6-18(14-24-19)28-10-8-23-9-11-28/h6-7,12-14,17,23H,2-5,8-11H2,1H3,(H,24,25,26,27). The average molecular weight is 406 g/mol. The molecule has 8 nitrogen and oxygen atoms in total. The number of fused-ring (bicyclic) bond motifs is 1. The van der Waals surface area contributed by atoms with Crippen molar-refractivity contribution in [3.05, 3.63) is 46.5 Å². The van der Waals surface area contributed by atoms with Gasteiger partial charge >= 0.3 is 0 Å². The second-order valence-corrected chi connectivity index (χ2v) is 8.18. The summed E-state index contributed by atoms with van der Waals surface area (Å²) in [5.41, 5.74) is 2.61. The highest BCUT2D eigenvalue weighted by atomic mass is 16.1. The van der Waals surface area contributed by atoms with Crippen LogP contribution in [0.25, 0.3) is 11.0 Å². The van der Waals surface area contributed by atoms with Crippen LogP contribution in [0.4, 0.5) is 17.5 Å². The fourth-order valence-electron chi connectivity index (χ4n) is 4.50. The van der Waals surface area contributed by atoms with Crippen molar-refractivity contribution in [2.24, 2.45) is 0 Å². The summed E-state index contributed by atoms with van der Waals surface area (Å²) in [5.74, 6) is 1.15. The zero-order valence-corrected chi connectivity index (χ0v) is 17.3. The molecule has 30 heavy (non-hydrogen) atoms. The van der Waals surface area contributed by atoms with Gasteiger partial charge in [-0.05, 0) is 38.0 Å². The summed E-state index contributed by atoms with van der Waals surface area (Å²) >= 11 is 0. The summed E-state index contributed by atoms with van der Waals surface area (Å²) in [4.78, 5) is 28.9. The Morgan fingerprint density at radius 2 is 1.90 bits per heavy atom. The molecule has 0 bridgehead atoms. The zero-order chi connectivity index (χ0) is 20.5. The number of nitrogens with zero attached hydrogens (tertiary/aromatic N) is 5. The molecule has 5 rings (SSSR count). The normalized spacial score (nSPS) is 17.6. The van der Waals surface area contributed by atoms with E-state index in [-0.39, 0.29) is 11.6 Å². The predicted molar refractivity (Wildman–Crippen MR) is 119 cm³/mol. The first-order valence-corrected chi connectivity index (χ1v) is 10.8. The molecule has 1 saturated carbocycles. The maximum Gasteiger partial charge on any atom is 0.255 e. The summed E-state index contributed by atoms with van der Waals surface area (Å²) < 4.78 is 1.88. The van der Waals surface area contributed by atoms with Crippen molar-refractivity contribution in [3.8, 4) is 0 Å². The molecular formula is C22H27N7O. The molecule has 2 N–H and O–H groups in total. The lowest BCUT2D eigenvalue weighted by atomic mass is 10.2. The predicted octanol–water partition coefficient (Wildman–Crippen LogP) is 2.76. The highest BCUT2D eigenvalue weighted by molar-refractivity contribution is 5.76. The Kier molecular flexibility index (Phi) is 5.08. The number of pyridine rings is 2. The lowest BCUT2D eigenvalue weighted by molar-refractivity contribution is 0.514. The molecule has 0 amide bonds. The number of piperazine rings is 1. The minimum atomic E-state index is 0.0533. The molecule has 1 aliphatic carbocycles. The number of aryl methyl sites for hydroxylation is 1. The molecular weight excluding hydrogens is 378 g/mol. The van der Waals surface area contributed by atoms with E-state index >= 15 is 0 Å². The van der Waals surface area contributed by atoms with Crippen LogP contribution in [0.2, 0.25) is 0 Å². The Hall–Kier alpha value is -3.00. The smallest absolute Gasteiger partial charge is 0.255 e. The van der Waals surface area contributed by atoms with Crippen molar-refractivity contribution in [3.63, 3.8) is 0 Å². The lowest BCUT2D eigenvalue weighted by Crippen LogP contribution is -2.43. The van der Waals surface area contributed by atoms with Gasteiger partial charge in [-0.25, -0.2) is 9.97 Å². The first-order chi connectivity index (χ1) is 14.7. The number of anilines is 3. The van der Waals surface area contributed by atoms with Crippen molar-refractivity contribution >= 4 is 28.5 Å². The molecule has 8 heteroatoms. The van der Waals surface area contributed by atoms with Crippen molar-refractivity contribution in [2.75, 3.05) is 36.4 Å². The van der Waals surface area contributed by atoms with Crippen LogP contribution < -0.4 is 21.1 Å². The highest BCUT2D eigenvalue weighted by Gasteiger charge is 2.22. The number of hydrogen-bond donors (Lipinski definition) is 2. The summed E-state index contributed by atoms with van der Waals surface area (Å²) in [7, 11) is 0. The van der Waals surface area contributed by atoms with Gasteiger partial charge in [0.2, 0.25) is 5.95 Å². The van der Waals surface area contributed by atoms with Gasteiger partial charge < -0.3 is 15.5 Å². The molecule has 1 aliphatic heterocycles. The van der Waals surface area contributed by atoms with Gasteiger partial charge in [0.25, 0.3) is 5.56 Å². The molecule has 4 heterocycles. The van der Waals surface area contributed by atoms with Gasteiger partial charge in [0, 0.05) is 49.4 Å². The van der Waals surface area contributed by atoms with Crippen molar-refractivity contribution in [1.82, 2.24) is 24.8 Å². The first kappa shape index (κ1) is 19.0. The van der Waals surface area contributed by atoms with Crippen LogP contribution in [0.3, 0.4) is 0 Å². The van der Waals surface area contributed by atoms with E-state index in [2.05, 4.69) is 31.6 Å². The van der Waals surface area contributed by atoms with Crippen LogP contribution in [0.1, 0.15) is 37.3 Å². The van der Waals surface area contributed by atoms with Gasteiger partial charge in [-0.2, -0.15) is 4.98 Å².